The SMILES string of the molecule is COC(=O)Cc1c(S)cc(C#N)cc1CBr. The molecule has 0 spiro atoms. The minimum absolute atomic E-state index is 0.169. The Bertz CT molecular complexity index is 454. The van der Waals surface area contributed by atoms with Crippen LogP contribution in [0.5, 0.6) is 0 Å². The van der Waals surface area contributed by atoms with Gasteiger partial charge in [0.05, 0.1) is 25.2 Å². The molecule has 1 aromatic rings. The first-order valence-corrected chi connectivity index (χ1v) is 6.07. The van der Waals surface area contributed by atoms with Crippen molar-refractivity contribution in [3.05, 3.63) is 28.8 Å². The largest absolute Gasteiger partial charge is 0.469 e. The summed E-state index contributed by atoms with van der Waals surface area (Å²) in [6, 6.07) is 5.44. The third-order valence-electron chi connectivity index (χ3n) is 2.14. The van der Waals surface area contributed by atoms with E-state index in [1.807, 2.05) is 0 Å². The molecular weight excluding hydrogens is 290 g/mol. The van der Waals surface area contributed by atoms with Crippen LogP contribution in [-0.4, -0.2) is 13.1 Å². The molecular formula is C11H10BrNO2S. The van der Waals surface area contributed by atoms with Gasteiger partial charge in [0.15, 0.2) is 0 Å². The minimum Gasteiger partial charge on any atom is -0.469 e. The zero-order valence-corrected chi connectivity index (χ0v) is 11.1. The Morgan fingerprint density at radius 2 is 2.31 bits per heavy atom. The molecule has 0 atom stereocenters. The standard InChI is InChI=1S/C11H10BrNO2S/c1-15-11(14)4-9-8(5-12)2-7(6-13)3-10(9)16/h2-3,16H,4-5H2,1H3. The number of benzene rings is 1. The summed E-state index contributed by atoms with van der Waals surface area (Å²) < 4.78 is 4.61. The van der Waals surface area contributed by atoms with Crippen molar-refractivity contribution < 1.29 is 9.53 Å². The molecule has 0 fully saturated rings. The van der Waals surface area contributed by atoms with Crippen molar-refractivity contribution in [1.29, 1.82) is 5.26 Å². The molecule has 0 saturated carbocycles. The van der Waals surface area contributed by atoms with Gasteiger partial charge in [-0.3, -0.25) is 4.79 Å². The summed E-state index contributed by atoms with van der Waals surface area (Å²) in [5.74, 6) is -0.317. The number of carbonyl (C=O) groups is 1. The molecule has 0 aromatic heterocycles. The van der Waals surface area contributed by atoms with Gasteiger partial charge in [0.25, 0.3) is 0 Å². The average Bonchev–Trinajstić information content (AvgIpc) is 2.30. The molecule has 3 nitrogen and oxygen atoms in total. The third kappa shape index (κ3) is 3.00. The van der Waals surface area contributed by atoms with Crippen molar-refractivity contribution in [2.24, 2.45) is 0 Å². The van der Waals surface area contributed by atoms with Gasteiger partial charge >= 0.3 is 5.97 Å². The molecule has 5 heteroatoms. The van der Waals surface area contributed by atoms with Gasteiger partial charge in [0.2, 0.25) is 0 Å². The highest BCUT2D eigenvalue weighted by Gasteiger charge is 2.12. The molecule has 0 aliphatic heterocycles. The number of methoxy groups -OCH3 is 1. The second kappa shape index (κ2) is 5.92. The highest BCUT2D eigenvalue weighted by Crippen LogP contribution is 2.23. The lowest BCUT2D eigenvalue weighted by atomic mass is 10.0. The van der Waals surface area contributed by atoms with E-state index in [0.29, 0.717) is 15.8 Å². The van der Waals surface area contributed by atoms with Crippen LogP contribution in [0.1, 0.15) is 16.7 Å². The number of nitriles is 1. The molecule has 0 N–H and O–H groups in total. The predicted octanol–water partition coefficient (Wildman–Crippen LogP) is 2.46. The maximum absolute atomic E-state index is 11.2. The van der Waals surface area contributed by atoms with Crippen LogP contribution in [0.3, 0.4) is 0 Å². The van der Waals surface area contributed by atoms with Crippen LogP contribution in [0, 0.1) is 11.3 Å². The average molecular weight is 300 g/mol. The highest BCUT2D eigenvalue weighted by molar-refractivity contribution is 9.08. The quantitative estimate of drug-likeness (QED) is 0.530. The molecule has 0 bridgehead atoms. The summed E-state index contributed by atoms with van der Waals surface area (Å²) >= 11 is 7.60. The zero-order chi connectivity index (χ0) is 12.1. The number of thiol groups is 1. The third-order valence-corrected chi connectivity index (χ3v) is 3.14. The van der Waals surface area contributed by atoms with Crippen LogP contribution < -0.4 is 0 Å². The first-order valence-electron chi connectivity index (χ1n) is 4.50. The summed E-state index contributed by atoms with van der Waals surface area (Å²) in [4.78, 5) is 11.9. The molecule has 0 aliphatic rings. The molecule has 0 unspecified atom stereocenters. The van der Waals surface area contributed by atoms with Gasteiger partial charge in [-0.15, -0.1) is 12.6 Å². The Kier molecular flexibility index (Phi) is 4.84. The van der Waals surface area contributed by atoms with E-state index >= 15 is 0 Å². The lowest BCUT2D eigenvalue weighted by Crippen LogP contribution is -2.07. The molecule has 0 radical (unpaired) electrons. The Morgan fingerprint density at radius 1 is 1.62 bits per heavy atom. The van der Waals surface area contributed by atoms with E-state index in [1.54, 1.807) is 12.1 Å². The molecule has 0 saturated heterocycles. The summed E-state index contributed by atoms with van der Waals surface area (Å²) in [7, 11) is 1.35. The molecule has 0 heterocycles. The van der Waals surface area contributed by atoms with Crippen LogP contribution in [0.4, 0.5) is 0 Å². The molecule has 1 rings (SSSR count). The smallest absolute Gasteiger partial charge is 0.310 e. The molecule has 0 amide bonds. The fourth-order valence-electron chi connectivity index (χ4n) is 1.32. The predicted molar refractivity (Wildman–Crippen MR) is 66.8 cm³/mol. The number of hydrogen-bond acceptors (Lipinski definition) is 4. The van der Waals surface area contributed by atoms with Crippen molar-refractivity contribution in [3.8, 4) is 6.07 Å². The van der Waals surface area contributed by atoms with Gasteiger partial charge in [-0.1, -0.05) is 15.9 Å². The second-order valence-corrected chi connectivity index (χ2v) is 4.17. The van der Waals surface area contributed by atoms with Gasteiger partial charge in [0, 0.05) is 10.2 Å². The lowest BCUT2D eigenvalue weighted by Gasteiger charge is -2.09. The van der Waals surface area contributed by atoms with Crippen LogP contribution in [0.2, 0.25) is 0 Å². The van der Waals surface area contributed by atoms with Crippen LogP contribution >= 0.6 is 28.6 Å². The number of rotatable bonds is 3. The summed E-state index contributed by atoms with van der Waals surface area (Å²) in [6.07, 6.45) is 0.169. The number of alkyl halides is 1. The summed E-state index contributed by atoms with van der Waals surface area (Å²) in [5, 5.41) is 9.38. The fourth-order valence-corrected chi connectivity index (χ4v) is 2.18. The molecule has 0 aliphatic carbocycles. The van der Waals surface area contributed by atoms with Crippen LogP contribution in [0.25, 0.3) is 0 Å². The van der Waals surface area contributed by atoms with Crippen molar-refractivity contribution in [2.45, 2.75) is 16.6 Å². The number of hydrogen-bond donors (Lipinski definition) is 1. The maximum atomic E-state index is 11.2. The van der Waals surface area contributed by atoms with Gasteiger partial charge in [-0.05, 0) is 23.3 Å². The van der Waals surface area contributed by atoms with E-state index in [9.17, 15) is 4.79 Å². The van der Waals surface area contributed by atoms with Gasteiger partial charge in [0.1, 0.15) is 0 Å². The summed E-state index contributed by atoms with van der Waals surface area (Å²) in [5.41, 5.74) is 2.22. The van der Waals surface area contributed by atoms with Crippen molar-refractivity contribution in [2.75, 3.05) is 7.11 Å². The first kappa shape index (κ1) is 13.1. The van der Waals surface area contributed by atoms with Crippen LogP contribution in [0.15, 0.2) is 17.0 Å². The van der Waals surface area contributed by atoms with E-state index in [1.165, 1.54) is 7.11 Å². The number of halogens is 1. The Labute approximate surface area is 108 Å². The zero-order valence-electron chi connectivity index (χ0n) is 8.66. The topological polar surface area (TPSA) is 50.1 Å². The van der Waals surface area contributed by atoms with E-state index in [-0.39, 0.29) is 12.4 Å². The Hall–Kier alpha value is -0.990. The van der Waals surface area contributed by atoms with Gasteiger partial charge < -0.3 is 4.74 Å². The van der Waals surface area contributed by atoms with Crippen molar-refractivity contribution in [1.82, 2.24) is 0 Å². The summed E-state index contributed by atoms with van der Waals surface area (Å²) in [6.45, 7) is 0. The van der Waals surface area contributed by atoms with E-state index in [2.05, 4.69) is 39.4 Å². The second-order valence-electron chi connectivity index (χ2n) is 3.13. The Balaban J connectivity index is 3.17. The first-order chi connectivity index (χ1) is 7.62. The normalized spacial score (nSPS) is 9.62. The van der Waals surface area contributed by atoms with Crippen LogP contribution in [-0.2, 0) is 21.3 Å². The van der Waals surface area contributed by atoms with E-state index in [4.69, 9.17) is 5.26 Å². The highest BCUT2D eigenvalue weighted by atomic mass is 79.9. The fraction of sp³-hybridized carbons (Fsp3) is 0.273. The van der Waals surface area contributed by atoms with E-state index in [0.717, 1.165) is 11.1 Å². The molecule has 16 heavy (non-hydrogen) atoms. The number of carbonyl (C=O) groups excluding carboxylic acids is 1. The number of esters is 1. The van der Waals surface area contributed by atoms with Gasteiger partial charge in [-0.25, -0.2) is 0 Å². The number of nitrogens with zero attached hydrogens (tertiary/aromatic N) is 1. The van der Waals surface area contributed by atoms with E-state index < -0.39 is 0 Å². The Morgan fingerprint density at radius 3 is 2.81 bits per heavy atom. The monoisotopic (exact) mass is 299 g/mol. The molecule has 1 aromatic carbocycles. The molecule has 84 valence electrons. The maximum Gasteiger partial charge on any atom is 0.310 e. The van der Waals surface area contributed by atoms with Crippen molar-refractivity contribution >= 4 is 34.5 Å². The lowest BCUT2D eigenvalue weighted by molar-refractivity contribution is -0.139. The number of ether oxygens (including phenoxy) is 1. The minimum atomic E-state index is -0.317. The van der Waals surface area contributed by atoms with Gasteiger partial charge in [-0.2, -0.15) is 5.26 Å². The van der Waals surface area contributed by atoms with Crippen molar-refractivity contribution in [3.63, 3.8) is 0 Å².